The first kappa shape index (κ1) is 12.6. The van der Waals surface area contributed by atoms with E-state index < -0.39 is 0 Å². The van der Waals surface area contributed by atoms with Crippen molar-refractivity contribution in [2.24, 2.45) is 5.92 Å². The van der Waals surface area contributed by atoms with Crippen LogP contribution in [0.1, 0.15) is 24.8 Å². The Hall–Kier alpha value is -1.84. The molecular formula is C14H18N2O2. The van der Waals surface area contributed by atoms with Gasteiger partial charge in [0.25, 0.3) is 0 Å². The van der Waals surface area contributed by atoms with E-state index in [1.165, 1.54) is 0 Å². The monoisotopic (exact) mass is 246 g/mol. The number of carbonyl (C=O) groups is 1. The first-order valence-electron chi connectivity index (χ1n) is 6.17. The van der Waals surface area contributed by atoms with Crippen LogP contribution in [0.5, 0.6) is 5.88 Å². The molecule has 0 aliphatic heterocycles. The number of anilines is 1. The highest BCUT2D eigenvalue weighted by Crippen LogP contribution is 2.25. The van der Waals surface area contributed by atoms with Gasteiger partial charge in [0.2, 0.25) is 11.8 Å². The second-order valence-electron chi connectivity index (χ2n) is 4.54. The molecule has 2 rings (SSSR count). The summed E-state index contributed by atoms with van der Waals surface area (Å²) in [6.45, 7) is 1.94. The number of hydrogen-bond acceptors (Lipinski definition) is 3. The number of nitrogens with zero attached hydrogens (tertiary/aromatic N) is 1. The lowest BCUT2D eigenvalue weighted by Crippen LogP contribution is -2.24. The zero-order chi connectivity index (χ0) is 13.0. The fraction of sp³-hybridized carbons (Fsp3) is 0.429. The minimum Gasteiger partial charge on any atom is -0.480 e. The fourth-order valence-corrected chi connectivity index (χ4v) is 2.08. The third-order valence-electron chi connectivity index (χ3n) is 3.08. The summed E-state index contributed by atoms with van der Waals surface area (Å²) in [5.74, 6) is 0.561. The number of nitrogens with one attached hydrogen (secondary N) is 1. The van der Waals surface area contributed by atoms with Crippen LogP contribution in [0, 0.1) is 12.8 Å². The summed E-state index contributed by atoms with van der Waals surface area (Å²) in [5, 5.41) is 2.91. The van der Waals surface area contributed by atoms with Crippen LogP contribution in [-0.4, -0.2) is 18.0 Å². The molecule has 1 unspecified atom stereocenters. The Balaban J connectivity index is 2.10. The largest absolute Gasteiger partial charge is 0.480 e. The minimum atomic E-state index is 0.0463. The molecule has 0 saturated heterocycles. The van der Waals surface area contributed by atoms with Crippen molar-refractivity contribution in [3.05, 3.63) is 30.0 Å². The zero-order valence-corrected chi connectivity index (χ0v) is 10.8. The molecule has 1 amide bonds. The van der Waals surface area contributed by atoms with E-state index in [0.717, 1.165) is 24.8 Å². The summed E-state index contributed by atoms with van der Waals surface area (Å²) in [5.41, 5.74) is 1.65. The highest BCUT2D eigenvalue weighted by Gasteiger charge is 2.20. The molecule has 1 N–H and O–H groups in total. The van der Waals surface area contributed by atoms with Crippen LogP contribution in [0.2, 0.25) is 0 Å². The van der Waals surface area contributed by atoms with Crippen molar-refractivity contribution in [2.45, 2.75) is 26.2 Å². The molecule has 1 heterocycles. The molecule has 0 spiro atoms. The second kappa shape index (κ2) is 5.67. The van der Waals surface area contributed by atoms with E-state index in [1.807, 2.05) is 13.0 Å². The Kier molecular flexibility index (Phi) is 3.97. The number of amides is 1. The molecule has 0 saturated carbocycles. The van der Waals surface area contributed by atoms with E-state index >= 15 is 0 Å². The summed E-state index contributed by atoms with van der Waals surface area (Å²) < 4.78 is 5.15. The van der Waals surface area contributed by atoms with Gasteiger partial charge >= 0.3 is 0 Å². The zero-order valence-electron chi connectivity index (χ0n) is 10.8. The van der Waals surface area contributed by atoms with Crippen LogP contribution >= 0.6 is 0 Å². The Morgan fingerprint density at radius 1 is 1.50 bits per heavy atom. The summed E-state index contributed by atoms with van der Waals surface area (Å²) in [6.07, 6.45) is 8.61. The van der Waals surface area contributed by atoms with Gasteiger partial charge in [0.1, 0.15) is 5.69 Å². The number of rotatable bonds is 3. The van der Waals surface area contributed by atoms with E-state index in [-0.39, 0.29) is 11.8 Å². The summed E-state index contributed by atoms with van der Waals surface area (Å²) in [7, 11) is 1.55. The molecular weight excluding hydrogens is 228 g/mol. The Morgan fingerprint density at radius 2 is 2.33 bits per heavy atom. The fourth-order valence-electron chi connectivity index (χ4n) is 2.08. The maximum Gasteiger partial charge on any atom is 0.237 e. The molecule has 0 radical (unpaired) electrons. The number of ether oxygens (including phenoxy) is 1. The smallest absolute Gasteiger partial charge is 0.237 e. The average molecular weight is 246 g/mol. The molecule has 4 nitrogen and oxygen atoms in total. The molecule has 4 heteroatoms. The van der Waals surface area contributed by atoms with Crippen LogP contribution < -0.4 is 10.1 Å². The first-order valence-corrected chi connectivity index (χ1v) is 6.17. The standard InChI is InChI=1S/C14H18N2O2/c1-10-8-12(14(18-2)15-9-10)16-13(17)11-6-4-3-5-7-11/h3-4,8-9,11H,5-7H2,1-2H3,(H,16,17). The molecule has 1 aromatic heterocycles. The van der Waals surface area contributed by atoms with Crippen LogP contribution in [-0.2, 0) is 4.79 Å². The summed E-state index contributed by atoms with van der Waals surface area (Å²) >= 11 is 0. The Labute approximate surface area is 107 Å². The maximum absolute atomic E-state index is 12.1. The third kappa shape index (κ3) is 2.88. The van der Waals surface area contributed by atoms with Crippen molar-refractivity contribution < 1.29 is 9.53 Å². The number of pyridine rings is 1. The van der Waals surface area contributed by atoms with Gasteiger partial charge in [-0.1, -0.05) is 12.2 Å². The maximum atomic E-state index is 12.1. The molecule has 0 fully saturated rings. The van der Waals surface area contributed by atoms with Crippen molar-refractivity contribution in [3.8, 4) is 5.88 Å². The molecule has 0 aromatic carbocycles. The van der Waals surface area contributed by atoms with Gasteiger partial charge in [-0.3, -0.25) is 4.79 Å². The summed E-state index contributed by atoms with van der Waals surface area (Å²) in [4.78, 5) is 16.3. The van der Waals surface area contributed by atoms with Crippen LogP contribution in [0.25, 0.3) is 0 Å². The van der Waals surface area contributed by atoms with Gasteiger partial charge in [-0.25, -0.2) is 4.98 Å². The molecule has 96 valence electrons. The number of aryl methyl sites for hydroxylation is 1. The SMILES string of the molecule is COc1ncc(C)cc1NC(=O)C1CC=CCC1. The number of aromatic nitrogens is 1. The number of allylic oxidation sites excluding steroid dienone is 2. The second-order valence-corrected chi connectivity index (χ2v) is 4.54. The van der Waals surface area contributed by atoms with E-state index in [9.17, 15) is 4.79 Å². The molecule has 0 bridgehead atoms. The third-order valence-corrected chi connectivity index (χ3v) is 3.08. The van der Waals surface area contributed by atoms with Crippen molar-refractivity contribution in [3.63, 3.8) is 0 Å². The van der Waals surface area contributed by atoms with E-state index in [4.69, 9.17) is 4.74 Å². The lowest BCUT2D eigenvalue weighted by molar-refractivity contribution is -0.120. The van der Waals surface area contributed by atoms with Crippen LogP contribution in [0.15, 0.2) is 24.4 Å². The summed E-state index contributed by atoms with van der Waals surface area (Å²) in [6, 6.07) is 1.88. The van der Waals surface area contributed by atoms with Crippen LogP contribution in [0.4, 0.5) is 5.69 Å². The molecule has 1 aliphatic carbocycles. The number of hydrogen-bond donors (Lipinski definition) is 1. The van der Waals surface area contributed by atoms with Crippen molar-refractivity contribution in [1.29, 1.82) is 0 Å². The lowest BCUT2D eigenvalue weighted by Gasteiger charge is -2.18. The van der Waals surface area contributed by atoms with Gasteiger partial charge in [0, 0.05) is 12.1 Å². The van der Waals surface area contributed by atoms with E-state index in [1.54, 1.807) is 13.3 Å². The molecule has 1 atom stereocenters. The first-order chi connectivity index (χ1) is 8.70. The van der Waals surface area contributed by atoms with E-state index in [0.29, 0.717) is 11.6 Å². The predicted octanol–water partition coefficient (Wildman–Crippen LogP) is 2.69. The molecule has 18 heavy (non-hydrogen) atoms. The minimum absolute atomic E-state index is 0.0463. The number of carbonyl (C=O) groups excluding carboxylic acids is 1. The quantitative estimate of drug-likeness (QED) is 0.834. The Morgan fingerprint density at radius 3 is 3.00 bits per heavy atom. The van der Waals surface area contributed by atoms with Crippen LogP contribution in [0.3, 0.4) is 0 Å². The lowest BCUT2D eigenvalue weighted by atomic mass is 9.93. The highest BCUT2D eigenvalue weighted by atomic mass is 16.5. The van der Waals surface area contributed by atoms with E-state index in [2.05, 4.69) is 22.5 Å². The van der Waals surface area contributed by atoms with Crippen molar-refractivity contribution in [1.82, 2.24) is 4.98 Å². The number of methoxy groups -OCH3 is 1. The normalized spacial score (nSPS) is 18.4. The average Bonchev–Trinajstić information content (AvgIpc) is 2.40. The predicted molar refractivity (Wildman–Crippen MR) is 70.6 cm³/mol. The van der Waals surface area contributed by atoms with Gasteiger partial charge in [0.05, 0.1) is 7.11 Å². The van der Waals surface area contributed by atoms with Gasteiger partial charge in [-0.2, -0.15) is 0 Å². The van der Waals surface area contributed by atoms with Crippen molar-refractivity contribution >= 4 is 11.6 Å². The van der Waals surface area contributed by atoms with Crippen molar-refractivity contribution in [2.75, 3.05) is 12.4 Å². The Bertz CT molecular complexity index is 469. The van der Waals surface area contributed by atoms with Gasteiger partial charge in [-0.05, 0) is 37.8 Å². The highest BCUT2D eigenvalue weighted by molar-refractivity contribution is 5.93. The van der Waals surface area contributed by atoms with Gasteiger partial charge in [0.15, 0.2) is 0 Å². The van der Waals surface area contributed by atoms with Gasteiger partial charge in [-0.15, -0.1) is 0 Å². The van der Waals surface area contributed by atoms with Gasteiger partial charge < -0.3 is 10.1 Å². The topological polar surface area (TPSA) is 51.2 Å². The molecule has 1 aromatic rings. The molecule has 1 aliphatic rings.